The number of rotatable bonds is 8. The minimum absolute atomic E-state index is 0.0346. The van der Waals surface area contributed by atoms with Gasteiger partial charge in [0.1, 0.15) is 5.75 Å². The van der Waals surface area contributed by atoms with Gasteiger partial charge in [0.25, 0.3) is 5.56 Å². The fraction of sp³-hybridized carbons (Fsp3) is 0.444. The van der Waals surface area contributed by atoms with Crippen LogP contribution in [0.3, 0.4) is 0 Å². The fourth-order valence-corrected chi connectivity index (χ4v) is 2.81. The summed E-state index contributed by atoms with van der Waals surface area (Å²) in [5.74, 6) is 0.853. The zero-order valence-corrected chi connectivity index (χ0v) is 14.8. The van der Waals surface area contributed by atoms with E-state index in [9.17, 15) is 4.79 Å². The number of ether oxygens (including phenoxy) is 1. The van der Waals surface area contributed by atoms with Crippen LogP contribution in [0.15, 0.2) is 34.2 Å². The monoisotopic (exact) mass is 332 g/mol. The molecule has 0 saturated heterocycles. The number of hydrogen-bond acceptors (Lipinski definition) is 4. The van der Waals surface area contributed by atoms with Gasteiger partial charge in [-0.2, -0.15) is 0 Å². The van der Waals surface area contributed by atoms with E-state index in [-0.39, 0.29) is 5.56 Å². The Morgan fingerprint density at radius 1 is 1.26 bits per heavy atom. The van der Waals surface area contributed by atoms with E-state index in [1.54, 1.807) is 0 Å². The molecule has 4 nitrogen and oxygen atoms in total. The molecule has 5 heteroatoms. The van der Waals surface area contributed by atoms with Crippen molar-refractivity contribution in [3.05, 3.63) is 51.4 Å². The number of benzene rings is 1. The Bertz CT molecular complexity index is 698. The second-order valence-corrected chi connectivity index (χ2v) is 6.22. The summed E-state index contributed by atoms with van der Waals surface area (Å²) in [5.41, 5.74) is 2.70. The molecule has 0 fully saturated rings. The third-order valence-corrected chi connectivity index (χ3v) is 4.09. The lowest BCUT2D eigenvalue weighted by Gasteiger charge is -2.10. The van der Waals surface area contributed by atoms with Crippen molar-refractivity contribution in [2.75, 3.05) is 12.9 Å². The summed E-state index contributed by atoms with van der Waals surface area (Å²) in [6.45, 7) is 4.89. The summed E-state index contributed by atoms with van der Waals surface area (Å²) in [4.78, 5) is 19.9. The Labute approximate surface area is 141 Å². The maximum atomic E-state index is 12.4. The number of nitrogens with one attached hydrogen (secondary N) is 1. The number of aromatic nitrogens is 2. The quantitative estimate of drug-likeness (QED) is 0.590. The number of H-pyrrole nitrogens is 1. The van der Waals surface area contributed by atoms with E-state index in [1.807, 2.05) is 30.5 Å². The molecule has 0 unspecified atom stereocenters. The van der Waals surface area contributed by atoms with Crippen LogP contribution >= 0.6 is 11.8 Å². The molecule has 0 amide bonds. The Kier molecular flexibility index (Phi) is 6.71. The Balaban J connectivity index is 2.30. The fourth-order valence-electron chi connectivity index (χ4n) is 2.41. The highest BCUT2D eigenvalue weighted by Gasteiger charge is 2.12. The number of aryl methyl sites for hydroxylation is 1. The average Bonchev–Trinajstić information content (AvgIpc) is 2.56. The summed E-state index contributed by atoms with van der Waals surface area (Å²) in [5, 5.41) is 0.683. The van der Waals surface area contributed by atoms with Crippen molar-refractivity contribution >= 4 is 11.8 Å². The second-order valence-electron chi connectivity index (χ2n) is 5.42. The third-order valence-electron chi connectivity index (χ3n) is 3.51. The maximum absolute atomic E-state index is 12.4. The van der Waals surface area contributed by atoms with Gasteiger partial charge in [-0.25, -0.2) is 4.98 Å². The predicted molar refractivity (Wildman–Crippen MR) is 95.7 cm³/mol. The predicted octanol–water partition coefficient (Wildman–Crippen LogP) is 3.82. The molecule has 0 bridgehead atoms. The number of nitrogens with zero attached hydrogens (tertiary/aromatic N) is 1. The first-order chi connectivity index (χ1) is 11.2. The molecule has 0 aliphatic carbocycles. The smallest absolute Gasteiger partial charge is 0.255 e. The lowest BCUT2D eigenvalue weighted by atomic mass is 10.0. The van der Waals surface area contributed by atoms with Gasteiger partial charge < -0.3 is 9.72 Å². The zero-order valence-electron chi connectivity index (χ0n) is 14.0. The first-order valence-electron chi connectivity index (χ1n) is 8.05. The van der Waals surface area contributed by atoms with Crippen molar-refractivity contribution in [1.82, 2.24) is 9.97 Å². The summed E-state index contributed by atoms with van der Waals surface area (Å²) < 4.78 is 5.67. The molecule has 1 aromatic heterocycles. The highest BCUT2D eigenvalue weighted by Crippen LogP contribution is 2.18. The number of aromatic amines is 1. The van der Waals surface area contributed by atoms with Gasteiger partial charge in [-0.15, -0.1) is 0 Å². The molecule has 1 heterocycles. The van der Waals surface area contributed by atoms with Crippen molar-refractivity contribution in [2.24, 2.45) is 0 Å². The van der Waals surface area contributed by atoms with E-state index >= 15 is 0 Å². The molecule has 1 N–H and O–H groups in total. The summed E-state index contributed by atoms with van der Waals surface area (Å²) >= 11 is 1.46. The second kappa shape index (κ2) is 8.77. The Morgan fingerprint density at radius 3 is 2.78 bits per heavy atom. The standard InChI is InChI=1S/C18H24N2O2S/c1-4-7-16-15(17(21)20-18(19-16)23-3)12-13-8-6-9-14(11-13)22-10-5-2/h6,8-9,11H,4-5,7,10,12H2,1-3H3,(H,19,20,21). The van der Waals surface area contributed by atoms with Crippen molar-refractivity contribution in [3.8, 4) is 5.75 Å². The van der Waals surface area contributed by atoms with Crippen LogP contribution in [-0.4, -0.2) is 22.8 Å². The van der Waals surface area contributed by atoms with Crippen LogP contribution in [0, 0.1) is 0 Å². The van der Waals surface area contributed by atoms with Crippen molar-refractivity contribution < 1.29 is 4.74 Å². The van der Waals surface area contributed by atoms with Gasteiger partial charge in [-0.1, -0.05) is 44.2 Å². The summed E-state index contributed by atoms with van der Waals surface area (Å²) in [6, 6.07) is 7.95. The molecule has 2 rings (SSSR count). The zero-order chi connectivity index (χ0) is 16.7. The van der Waals surface area contributed by atoms with Gasteiger partial charge in [0, 0.05) is 12.0 Å². The van der Waals surface area contributed by atoms with Gasteiger partial charge in [0.2, 0.25) is 0 Å². The molecule has 23 heavy (non-hydrogen) atoms. The van der Waals surface area contributed by atoms with Crippen LogP contribution in [-0.2, 0) is 12.8 Å². The van der Waals surface area contributed by atoms with Gasteiger partial charge >= 0.3 is 0 Å². The largest absolute Gasteiger partial charge is 0.494 e. The van der Waals surface area contributed by atoms with Crippen molar-refractivity contribution in [1.29, 1.82) is 0 Å². The SMILES string of the molecule is CCCOc1cccc(Cc2c(CCC)nc(SC)[nH]c2=O)c1. The molecule has 0 aliphatic heterocycles. The van der Waals surface area contributed by atoms with E-state index in [0.717, 1.165) is 41.8 Å². The van der Waals surface area contributed by atoms with Crippen LogP contribution < -0.4 is 10.3 Å². The molecule has 0 saturated carbocycles. The minimum Gasteiger partial charge on any atom is -0.494 e. The third kappa shape index (κ3) is 4.86. The maximum Gasteiger partial charge on any atom is 0.255 e. The van der Waals surface area contributed by atoms with Crippen LogP contribution in [0.25, 0.3) is 0 Å². The minimum atomic E-state index is -0.0346. The van der Waals surface area contributed by atoms with Crippen LogP contribution in [0.5, 0.6) is 5.75 Å². The summed E-state index contributed by atoms with van der Waals surface area (Å²) in [7, 11) is 0. The van der Waals surface area contributed by atoms with Crippen LogP contribution in [0.4, 0.5) is 0 Å². The first kappa shape index (κ1) is 17.6. The van der Waals surface area contributed by atoms with Crippen molar-refractivity contribution in [3.63, 3.8) is 0 Å². The van der Waals surface area contributed by atoms with Crippen molar-refractivity contribution in [2.45, 2.75) is 44.7 Å². The molecule has 0 radical (unpaired) electrons. The number of thioether (sulfide) groups is 1. The highest BCUT2D eigenvalue weighted by molar-refractivity contribution is 7.98. The summed E-state index contributed by atoms with van der Waals surface area (Å²) in [6.07, 6.45) is 5.26. The average molecular weight is 332 g/mol. The molecule has 2 aromatic rings. The van der Waals surface area contributed by atoms with E-state index in [0.29, 0.717) is 18.2 Å². The van der Waals surface area contributed by atoms with E-state index in [1.165, 1.54) is 11.8 Å². The molecule has 0 spiro atoms. The molecule has 124 valence electrons. The normalized spacial score (nSPS) is 10.7. The van der Waals surface area contributed by atoms with Crippen LogP contribution in [0.1, 0.15) is 43.5 Å². The van der Waals surface area contributed by atoms with Crippen LogP contribution in [0.2, 0.25) is 0 Å². The van der Waals surface area contributed by atoms with Gasteiger partial charge in [0.15, 0.2) is 5.16 Å². The molecular formula is C18H24N2O2S. The topological polar surface area (TPSA) is 55.0 Å². The van der Waals surface area contributed by atoms with Gasteiger partial charge in [0.05, 0.1) is 12.3 Å². The van der Waals surface area contributed by atoms with Gasteiger partial charge in [-0.05, 0) is 36.8 Å². The van der Waals surface area contributed by atoms with E-state index < -0.39 is 0 Å². The Hall–Kier alpha value is -1.75. The first-order valence-corrected chi connectivity index (χ1v) is 9.28. The number of hydrogen-bond donors (Lipinski definition) is 1. The van der Waals surface area contributed by atoms with E-state index in [4.69, 9.17) is 4.74 Å². The highest BCUT2D eigenvalue weighted by atomic mass is 32.2. The molecule has 0 aliphatic rings. The Morgan fingerprint density at radius 2 is 2.09 bits per heavy atom. The lowest BCUT2D eigenvalue weighted by Crippen LogP contribution is -2.19. The molecule has 1 aromatic carbocycles. The molecular weight excluding hydrogens is 308 g/mol. The lowest BCUT2D eigenvalue weighted by molar-refractivity contribution is 0.317. The van der Waals surface area contributed by atoms with E-state index in [2.05, 4.69) is 23.8 Å². The molecule has 0 atom stereocenters. The van der Waals surface area contributed by atoms with Gasteiger partial charge in [-0.3, -0.25) is 4.79 Å².